The molecule has 0 aromatic rings. The lowest BCUT2D eigenvalue weighted by molar-refractivity contribution is 0.0696. The number of ether oxygens (including phenoxy) is 1. The van der Waals surface area contributed by atoms with Crippen molar-refractivity contribution in [2.24, 2.45) is 5.92 Å². The number of rotatable bonds is 6. The number of hydrogen-bond donors (Lipinski definition) is 1. The molecule has 3 heteroatoms. The third kappa shape index (κ3) is 5.50. The molecule has 1 fully saturated rings. The molecule has 0 radical (unpaired) electrons. The second-order valence-electron chi connectivity index (χ2n) is 4.80. The predicted octanol–water partition coefficient (Wildman–Crippen LogP) is 1.34. The van der Waals surface area contributed by atoms with Crippen molar-refractivity contribution in [2.75, 3.05) is 39.4 Å². The van der Waals surface area contributed by atoms with Crippen LogP contribution in [0.2, 0.25) is 0 Å². The lowest BCUT2D eigenvalue weighted by Crippen LogP contribution is -2.43. The van der Waals surface area contributed by atoms with Gasteiger partial charge in [-0.25, -0.2) is 0 Å². The lowest BCUT2D eigenvalue weighted by atomic mass is 10.1. The van der Waals surface area contributed by atoms with Crippen LogP contribution in [0.5, 0.6) is 0 Å². The van der Waals surface area contributed by atoms with Crippen LogP contribution in [0.15, 0.2) is 0 Å². The largest absolute Gasteiger partial charge is 0.379 e. The van der Waals surface area contributed by atoms with E-state index in [-0.39, 0.29) is 0 Å². The van der Waals surface area contributed by atoms with E-state index >= 15 is 0 Å². The monoisotopic (exact) mass is 214 g/mol. The van der Waals surface area contributed by atoms with Crippen LogP contribution in [0.3, 0.4) is 0 Å². The molecule has 15 heavy (non-hydrogen) atoms. The molecule has 1 N–H and O–H groups in total. The third-order valence-corrected chi connectivity index (χ3v) is 2.86. The van der Waals surface area contributed by atoms with Gasteiger partial charge in [0, 0.05) is 19.1 Å². The average molecular weight is 214 g/mol. The van der Waals surface area contributed by atoms with Gasteiger partial charge < -0.3 is 15.0 Å². The molecule has 1 aliphatic rings. The van der Waals surface area contributed by atoms with Crippen LogP contribution >= 0.6 is 0 Å². The van der Waals surface area contributed by atoms with Crippen molar-refractivity contribution in [1.82, 2.24) is 10.2 Å². The van der Waals surface area contributed by atoms with E-state index < -0.39 is 0 Å². The highest BCUT2D eigenvalue weighted by Gasteiger charge is 2.14. The van der Waals surface area contributed by atoms with Crippen molar-refractivity contribution in [1.29, 1.82) is 0 Å². The van der Waals surface area contributed by atoms with Crippen molar-refractivity contribution < 1.29 is 4.74 Å². The molecule has 1 aliphatic heterocycles. The van der Waals surface area contributed by atoms with Crippen molar-refractivity contribution in [3.63, 3.8) is 0 Å². The Labute approximate surface area is 94.2 Å². The highest BCUT2D eigenvalue weighted by atomic mass is 16.5. The first kappa shape index (κ1) is 12.9. The molecule has 1 unspecified atom stereocenters. The summed E-state index contributed by atoms with van der Waals surface area (Å²) in [7, 11) is 0. The van der Waals surface area contributed by atoms with Crippen LogP contribution < -0.4 is 5.32 Å². The van der Waals surface area contributed by atoms with E-state index in [0.717, 1.165) is 32.2 Å². The Bertz CT molecular complexity index is 156. The van der Waals surface area contributed by atoms with Gasteiger partial charge in [-0.2, -0.15) is 0 Å². The third-order valence-electron chi connectivity index (χ3n) is 2.86. The van der Waals surface area contributed by atoms with E-state index in [1.54, 1.807) is 0 Å². The first-order valence-electron chi connectivity index (χ1n) is 6.25. The molecule has 1 heterocycles. The minimum atomic E-state index is 0.569. The molecule has 0 aromatic carbocycles. The fourth-order valence-electron chi connectivity index (χ4n) is 2.04. The van der Waals surface area contributed by atoms with Gasteiger partial charge in [-0.15, -0.1) is 0 Å². The molecule has 1 saturated heterocycles. The van der Waals surface area contributed by atoms with Gasteiger partial charge in [0.25, 0.3) is 0 Å². The van der Waals surface area contributed by atoms with Crippen molar-refractivity contribution >= 4 is 0 Å². The molecule has 3 nitrogen and oxygen atoms in total. The maximum absolute atomic E-state index is 5.45. The van der Waals surface area contributed by atoms with Crippen molar-refractivity contribution in [3.8, 4) is 0 Å². The Hall–Kier alpha value is -0.120. The predicted molar refractivity (Wildman–Crippen MR) is 64.2 cm³/mol. The smallest absolute Gasteiger partial charge is 0.0620 e. The van der Waals surface area contributed by atoms with Crippen molar-refractivity contribution in [2.45, 2.75) is 33.2 Å². The van der Waals surface area contributed by atoms with Crippen LogP contribution in [0, 0.1) is 5.92 Å². The van der Waals surface area contributed by atoms with Gasteiger partial charge in [0.05, 0.1) is 13.2 Å². The lowest BCUT2D eigenvalue weighted by Gasteiger charge is -2.28. The van der Waals surface area contributed by atoms with Crippen LogP contribution in [0.4, 0.5) is 0 Å². The second kappa shape index (κ2) is 7.20. The van der Waals surface area contributed by atoms with Gasteiger partial charge in [-0.3, -0.25) is 0 Å². The molecule has 0 aromatic heterocycles. The van der Waals surface area contributed by atoms with Gasteiger partial charge in [0.15, 0.2) is 0 Å². The minimum absolute atomic E-state index is 0.569. The molecule has 90 valence electrons. The Morgan fingerprint density at radius 3 is 2.80 bits per heavy atom. The molecule has 1 atom stereocenters. The standard InChI is InChI=1S/C12H26N2O/c1-4-14(9-11(2)3)7-5-12-10-15-8-6-13-12/h11-13H,4-10H2,1-3H3. The van der Waals surface area contributed by atoms with Crippen LogP contribution in [0.1, 0.15) is 27.2 Å². The number of nitrogens with one attached hydrogen (secondary N) is 1. The van der Waals surface area contributed by atoms with Crippen LogP contribution in [-0.4, -0.2) is 50.3 Å². The Morgan fingerprint density at radius 2 is 2.27 bits per heavy atom. The maximum atomic E-state index is 5.45. The maximum Gasteiger partial charge on any atom is 0.0620 e. The molecular formula is C12H26N2O. The number of nitrogens with zero attached hydrogens (tertiary/aromatic N) is 1. The van der Waals surface area contributed by atoms with E-state index in [4.69, 9.17) is 4.74 Å². The highest BCUT2D eigenvalue weighted by Crippen LogP contribution is 2.03. The SMILES string of the molecule is CCN(CCC1COCCN1)CC(C)C. The summed E-state index contributed by atoms with van der Waals surface area (Å²) < 4.78 is 5.45. The summed E-state index contributed by atoms with van der Waals surface area (Å²) >= 11 is 0. The first-order chi connectivity index (χ1) is 7.22. The molecule has 0 aliphatic carbocycles. The van der Waals surface area contributed by atoms with Crippen LogP contribution in [0.25, 0.3) is 0 Å². The van der Waals surface area contributed by atoms with Gasteiger partial charge >= 0.3 is 0 Å². The summed E-state index contributed by atoms with van der Waals surface area (Å²) in [5, 5.41) is 3.50. The molecule has 0 bridgehead atoms. The topological polar surface area (TPSA) is 24.5 Å². The quantitative estimate of drug-likeness (QED) is 0.722. The Morgan fingerprint density at radius 1 is 1.47 bits per heavy atom. The zero-order chi connectivity index (χ0) is 11.1. The molecule has 0 saturated carbocycles. The molecular weight excluding hydrogens is 188 g/mol. The Balaban J connectivity index is 2.14. The van der Waals surface area contributed by atoms with Gasteiger partial charge in [-0.05, 0) is 25.4 Å². The van der Waals surface area contributed by atoms with Crippen molar-refractivity contribution in [3.05, 3.63) is 0 Å². The molecule has 0 spiro atoms. The normalized spacial score (nSPS) is 22.6. The van der Waals surface area contributed by atoms with E-state index in [0.29, 0.717) is 6.04 Å². The van der Waals surface area contributed by atoms with Gasteiger partial charge in [0.1, 0.15) is 0 Å². The minimum Gasteiger partial charge on any atom is -0.379 e. The zero-order valence-corrected chi connectivity index (χ0v) is 10.5. The fourth-order valence-corrected chi connectivity index (χ4v) is 2.04. The summed E-state index contributed by atoms with van der Waals surface area (Å²) in [5.41, 5.74) is 0. The first-order valence-corrected chi connectivity index (χ1v) is 6.25. The summed E-state index contributed by atoms with van der Waals surface area (Å²) in [6, 6.07) is 0.569. The average Bonchev–Trinajstić information content (AvgIpc) is 2.25. The molecule has 1 rings (SSSR count). The van der Waals surface area contributed by atoms with E-state index in [2.05, 4.69) is 31.0 Å². The van der Waals surface area contributed by atoms with E-state index in [1.807, 2.05) is 0 Å². The second-order valence-corrected chi connectivity index (χ2v) is 4.80. The van der Waals surface area contributed by atoms with Gasteiger partial charge in [0.2, 0.25) is 0 Å². The highest BCUT2D eigenvalue weighted by molar-refractivity contribution is 4.72. The van der Waals surface area contributed by atoms with E-state index in [9.17, 15) is 0 Å². The number of morpholine rings is 1. The van der Waals surface area contributed by atoms with Gasteiger partial charge in [-0.1, -0.05) is 20.8 Å². The number of hydrogen-bond acceptors (Lipinski definition) is 3. The zero-order valence-electron chi connectivity index (χ0n) is 10.5. The Kier molecular flexibility index (Phi) is 6.22. The summed E-state index contributed by atoms with van der Waals surface area (Å²) in [6.07, 6.45) is 1.21. The summed E-state index contributed by atoms with van der Waals surface area (Å²) in [5.74, 6) is 0.764. The molecule has 0 amide bonds. The summed E-state index contributed by atoms with van der Waals surface area (Å²) in [4.78, 5) is 2.53. The fraction of sp³-hybridized carbons (Fsp3) is 1.00. The summed E-state index contributed by atoms with van der Waals surface area (Å²) in [6.45, 7) is 13.1. The van der Waals surface area contributed by atoms with Crippen LogP contribution in [-0.2, 0) is 4.74 Å². The van der Waals surface area contributed by atoms with E-state index in [1.165, 1.54) is 19.5 Å².